The van der Waals surface area contributed by atoms with Crippen LogP contribution in [0.25, 0.3) is 0 Å². The molecule has 1 spiro atoms. The van der Waals surface area contributed by atoms with Gasteiger partial charge in [0.2, 0.25) is 0 Å². The third-order valence-electron chi connectivity index (χ3n) is 4.92. The normalized spacial score (nSPS) is 20.0. The number of rotatable bonds is 1. The minimum Gasteiger partial charge on any atom is -0.339 e. The van der Waals surface area contributed by atoms with E-state index in [9.17, 15) is 9.18 Å². The van der Waals surface area contributed by atoms with E-state index >= 15 is 0 Å². The number of benzene rings is 1. The highest BCUT2D eigenvalue weighted by atomic mass is 35.5. The van der Waals surface area contributed by atoms with Crippen LogP contribution >= 0.6 is 24.0 Å². The molecule has 1 N–H and O–H groups in total. The zero-order valence-corrected chi connectivity index (χ0v) is 14.2. The summed E-state index contributed by atoms with van der Waals surface area (Å²) in [5.74, 6) is -0.449. The number of piperidine rings is 1. The fraction of sp³-hybridized carbons (Fsp3) is 0.562. The highest BCUT2D eigenvalue weighted by Crippen LogP contribution is 2.37. The second-order valence-corrected chi connectivity index (χ2v) is 6.71. The molecular formula is C16H21Cl2FN2O. The summed E-state index contributed by atoms with van der Waals surface area (Å²) >= 11 is 6.04. The van der Waals surface area contributed by atoms with E-state index in [1.165, 1.54) is 12.5 Å². The largest absolute Gasteiger partial charge is 0.339 e. The summed E-state index contributed by atoms with van der Waals surface area (Å²) in [6.07, 6.45) is 3.26. The Morgan fingerprint density at radius 1 is 1.32 bits per heavy atom. The molecule has 3 rings (SSSR count). The lowest BCUT2D eigenvalue weighted by Crippen LogP contribution is -2.44. The van der Waals surface area contributed by atoms with Crippen LogP contribution in [0.1, 0.15) is 35.2 Å². The van der Waals surface area contributed by atoms with E-state index in [0.29, 0.717) is 16.5 Å². The molecule has 0 saturated carbocycles. The molecule has 2 saturated heterocycles. The molecule has 2 heterocycles. The van der Waals surface area contributed by atoms with E-state index in [4.69, 9.17) is 11.6 Å². The minimum atomic E-state index is -0.369. The molecular weight excluding hydrogens is 326 g/mol. The Bertz CT molecular complexity index is 564. The summed E-state index contributed by atoms with van der Waals surface area (Å²) in [4.78, 5) is 14.4. The second-order valence-electron chi connectivity index (χ2n) is 6.30. The summed E-state index contributed by atoms with van der Waals surface area (Å²) in [5, 5.41) is 3.62. The first kappa shape index (κ1) is 17.5. The van der Waals surface area contributed by atoms with E-state index < -0.39 is 0 Å². The number of hydrogen-bond donors (Lipinski definition) is 1. The molecule has 2 fully saturated rings. The molecule has 0 radical (unpaired) electrons. The maximum Gasteiger partial charge on any atom is 0.255 e. The molecule has 6 heteroatoms. The van der Waals surface area contributed by atoms with Crippen molar-refractivity contribution in [2.45, 2.75) is 26.2 Å². The van der Waals surface area contributed by atoms with E-state index in [1.807, 2.05) is 4.90 Å². The fourth-order valence-corrected chi connectivity index (χ4v) is 3.63. The van der Waals surface area contributed by atoms with Gasteiger partial charge in [-0.25, -0.2) is 4.39 Å². The van der Waals surface area contributed by atoms with Crippen LogP contribution in [0.2, 0.25) is 5.02 Å². The monoisotopic (exact) mass is 346 g/mol. The molecule has 0 aromatic heterocycles. The number of carbonyl (C=O) groups is 1. The van der Waals surface area contributed by atoms with Gasteiger partial charge in [-0.15, -0.1) is 12.4 Å². The van der Waals surface area contributed by atoms with Gasteiger partial charge in [0.1, 0.15) is 5.82 Å². The van der Waals surface area contributed by atoms with Crippen LogP contribution in [0.15, 0.2) is 12.1 Å². The zero-order valence-electron chi connectivity index (χ0n) is 12.6. The van der Waals surface area contributed by atoms with Gasteiger partial charge in [-0.3, -0.25) is 4.79 Å². The number of aryl methyl sites for hydroxylation is 1. The van der Waals surface area contributed by atoms with Crippen molar-refractivity contribution in [2.75, 3.05) is 26.2 Å². The van der Waals surface area contributed by atoms with Crippen LogP contribution in [0.5, 0.6) is 0 Å². The van der Waals surface area contributed by atoms with Gasteiger partial charge in [0, 0.05) is 19.6 Å². The van der Waals surface area contributed by atoms with Gasteiger partial charge in [-0.05, 0) is 55.8 Å². The Labute approximate surface area is 141 Å². The van der Waals surface area contributed by atoms with Gasteiger partial charge in [0.05, 0.1) is 10.6 Å². The topological polar surface area (TPSA) is 32.3 Å². The smallest absolute Gasteiger partial charge is 0.255 e. The number of hydrogen-bond acceptors (Lipinski definition) is 2. The van der Waals surface area contributed by atoms with Gasteiger partial charge in [-0.2, -0.15) is 0 Å². The predicted octanol–water partition coefficient (Wildman–Crippen LogP) is 3.43. The van der Waals surface area contributed by atoms with Crippen molar-refractivity contribution in [3.63, 3.8) is 0 Å². The number of nitrogens with zero attached hydrogens (tertiary/aromatic N) is 1. The van der Waals surface area contributed by atoms with Crippen molar-refractivity contribution in [1.29, 1.82) is 0 Å². The molecule has 122 valence electrons. The van der Waals surface area contributed by atoms with Gasteiger partial charge in [0.25, 0.3) is 5.91 Å². The molecule has 0 aliphatic carbocycles. The molecule has 3 nitrogen and oxygen atoms in total. The highest BCUT2D eigenvalue weighted by molar-refractivity contribution is 6.33. The molecule has 0 bridgehead atoms. The minimum absolute atomic E-state index is 0. The van der Waals surface area contributed by atoms with Crippen LogP contribution in [0.3, 0.4) is 0 Å². The van der Waals surface area contributed by atoms with Gasteiger partial charge in [-0.1, -0.05) is 11.6 Å². The van der Waals surface area contributed by atoms with E-state index in [2.05, 4.69) is 5.32 Å². The second kappa shape index (κ2) is 6.73. The van der Waals surface area contributed by atoms with Gasteiger partial charge >= 0.3 is 0 Å². The number of halogens is 3. The van der Waals surface area contributed by atoms with Crippen LogP contribution in [0.4, 0.5) is 4.39 Å². The Balaban J connectivity index is 0.00000176. The Morgan fingerprint density at radius 2 is 2.00 bits per heavy atom. The summed E-state index contributed by atoms with van der Waals surface area (Å²) in [7, 11) is 0. The first-order chi connectivity index (χ1) is 10.0. The van der Waals surface area contributed by atoms with Crippen LogP contribution in [0, 0.1) is 18.2 Å². The molecule has 1 amide bonds. The predicted molar refractivity (Wildman–Crippen MR) is 88.5 cm³/mol. The van der Waals surface area contributed by atoms with Crippen molar-refractivity contribution >= 4 is 29.9 Å². The number of likely N-dealkylation sites (tertiary alicyclic amines) is 1. The average Bonchev–Trinajstić information content (AvgIpc) is 2.91. The highest BCUT2D eigenvalue weighted by Gasteiger charge is 2.38. The molecule has 0 unspecified atom stereocenters. The van der Waals surface area contributed by atoms with E-state index in [-0.39, 0.29) is 29.2 Å². The summed E-state index contributed by atoms with van der Waals surface area (Å²) in [6.45, 7) is 5.31. The van der Waals surface area contributed by atoms with Crippen molar-refractivity contribution in [2.24, 2.45) is 5.41 Å². The summed E-state index contributed by atoms with van der Waals surface area (Å²) < 4.78 is 13.4. The van der Waals surface area contributed by atoms with Crippen molar-refractivity contribution in [3.8, 4) is 0 Å². The average molecular weight is 347 g/mol. The summed E-state index contributed by atoms with van der Waals surface area (Å²) in [5.41, 5.74) is 1.24. The van der Waals surface area contributed by atoms with Crippen LogP contribution < -0.4 is 5.32 Å². The molecule has 1 aromatic rings. The SMILES string of the molecule is Cc1cc(C(=O)N2CCC3(CCNC3)CC2)c(Cl)cc1F.Cl. The quantitative estimate of drug-likeness (QED) is 0.844. The van der Waals surface area contributed by atoms with Crippen molar-refractivity contribution in [1.82, 2.24) is 10.2 Å². The Morgan fingerprint density at radius 3 is 2.59 bits per heavy atom. The van der Waals surface area contributed by atoms with Crippen LogP contribution in [-0.2, 0) is 0 Å². The lowest BCUT2D eigenvalue weighted by molar-refractivity contribution is 0.0607. The van der Waals surface area contributed by atoms with Crippen molar-refractivity contribution < 1.29 is 9.18 Å². The maximum absolute atomic E-state index is 13.4. The molecule has 2 aliphatic rings. The lowest BCUT2D eigenvalue weighted by atomic mass is 9.78. The number of carbonyl (C=O) groups excluding carboxylic acids is 1. The van der Waals surface area contributed by atoms with E-state index in [1.54, 1.807) is 13.0 Å². The third-order valence-corrected chi connectivity index (χ3v) is 5.23. The first-order valence-electron chi connectivity index (χ1n) is 7.46. The number of nitrogens with one attached hydrogen (secondary N) is 1. The van der Waals surface area contributed by atoms with Crippen LogP contribution in [-0.4, -0.2) is 37.0 Å². The summed E-state index contributed by atoms with van der Waals surface area (Å²) in [6, 6.07) is 2.79. The van der Waals surface area contributed by atoms with Gasteiger partial charge in [0.15, 0.2) is 0 Å². The van der Waals surface area contributed by atoms with Crippen molar-refractivity contribution in [3.05, 3.63) is 34.1 Å². The molecule has 2 aliphatic heterocycles. The Hall–Kier alpha value is -0.840. The fourth-order valence-electron chi connectivity index (χ4n) is 3.40. The molecule has 1 aromatic carbocycles. The first-order valence-corrected chi connectivity index (χ1v) is 7.84. The van der Waals surface area contributed by atoms with E-state index in [0.717, 1.165) is 39.0 Å². The molecule has 0 atom stereocenters. The van der Waals surface area contributed by atoms with Gasteiger partial charge < -0.3 is 10.2 Å². The maximum atomic E-state index is 13.4. The standard InChI is InChI=1S/C16H20ClFN2O.ClH/c1-11-8-12(13(17)9-14(11)18)15(21)20-6-3-16(4-7-20)2-5-19-10-16;/h8-9,19H,2-7,10H2,1H3;1H. The molecule has 22 heavy (non-hydrogen) atoms. The number of amides is 1. The Kier molecular flexibility index (Phi) is 5.36. The third kappa shape index (κ3) is 3.24. The zero-order chi connectivity index (χ0) is 15.0. The lowest BCUT2D eigenvalue weighted by Gasteiger charge is -2.39.